The van der Waals surface area contributed by atoms with Gasteiger partial charge in [-0.15, -0.1) is 11.3 Å². The van der Waals surface area contributed by atoms with Gasteiger partial charge in [0, 0.05) is 0 Å². The lowest BCUT2D eigenvalue weighted by Crippen LogP contribution is -2.68. The first kappa shape index (κ1) is 21.3. The van der Waals surface area contributed by atoms with E-state index in [0.29, 0.717) is 0 Å². The van der Waals surface area contributed by atoms with E-state index >= 15 is 0 Å². The predicted molar refractivity (Wildman–Crippen MR) is 83.4 cm³/mol. The SMILES string of the molecule is CC(=O)C(O)(CO)C(O)(C(C)=O)C(C)=O.CC(=O)c1cccs1. The first-order valence-corrected chi connectivity index (χ1v) is 7.46. The van der Waals surface area contributed by atoms with Gasteiger partial charge >= 0.3 is 0 Å². The summed E-state index contributed by atoms with van der Waals surface area (Å²) in [6.45, 7) is 2.94. The van der Waals surface area contributed by atoms with Crippen molar-refractivity contribution in [2.75, 3.05) is 6.61 Å². The van der Waals surface area contributed by atoms with Gasteiger partial charge in [0.15, 0.2) is 28.7 Å². The highest BCUT2D eigenvalue weighted by atomic mass is 32.1. The average Bonchev–Trinajstić information content (AvgIpc) is 2.99. The minimum atomic E-state index is -2.90. The maximum absolute atomic E-state index is 11.1. The zero-order valence-corrected chi connectivity index (χ0v) is 14.1. The average molecular weight is 344 g/mol. The Kier molecular flexibility index (Phi) is 7.59. The van der Waals surface area contributed by atoms with Crippen LogP contribution in [0.4, 0.5) is 0 Å². The van der Waals surface area contributed by atoms with Gasteiger partial charge in [-0.2, -0.15) is 0 Å². The zero-order chi connectivity index (χ0) is 18.4. The first-order valence-electron chi connectivity index (χ1n) is 6.58. The van der Waals surface area contributed by atoms with Crippen LogP contribution in [0.5, 0.6) is 0 Å². The molecule has 0 saturated carbocycles. The van der Waals surface area contributed by atoms with Crippen molar-refractivity contribution in [3.63, 3.8) is 0 Å². The molecule has 23 heavy (non-hydrogen) atoms. The van der Waals surface area contributed by atoms with Crippen LogP contribution in [-0.4, -0.2) is 56.3 Å². The smallest absolute Gasteiger partial charge is 0.219 e. The molecule has 0 amide bonds. The lowest BCUT2D eigenvalue weighted by atomic mass is 9.75. The van der Waals surface area contributed by atoms with Crippen molar-refractivity contribution in [3.05, 3.63) is 22.4 Å². The van der Waals surface area contributed by atoms with Crippen molar-refractivity contribution in [2.45, 2.75) is 38.9 Å². The first-order chi connectivity index (χ1) is 10.4. The lowest BCUT2D eigenvalue weighted by Gasteiger charge is -2.36. The Balaban J connectivity index is 0.000000502. The maximum atomic E-state index is 11.1. The molecule has 1 aromatic rings. The maximum Gasteiger partial charge on any atom is 0.219 e. The van der Waals surface area contributed by atoms with E-state index in [1.807, 2.05) is 17.5 Å². The monoisotopic (exact) mass is 344 g/mol. The largest absolute Gasteiger partial charge is 0.393 e. The molecule has 1 unspecified atom stereocenters. The number of hydrogen-bond acceptors (Lipinski definition) is 8. The fourth-order valence-electron chi connectivity index (χ4n) is 1.79. The summed E-state index contributed by atoms with van der Waals surface area (Å²) >= 11 is 1.48. The summed E-state index contributed by atoms with van der Waals surface area (Å²) in [4.78, 5) is 44.7. The molecule has 0 radical (unpaired) electrons. The van der Waals surface area contributed by atoms with Gasteiger partial charge in [0.25, 0.3) is 0 Å². The second-order valence-corrected chi connectivity index (χ2v) is 5.88. The number of hydrogen-bond donors (Lipinski definition) is 3. The Morgan fingerprint density at radius 2 is 1.48 bits per heavy atom. The Morgan fingerprint density at radius 3 is 1.61 bits per heavy atom. The van der Waals surface area contributed by atoms with Crippen LogP contribution in [-0.2, 0) is 14.4 Å². The highest BCUT2D eigenvalue weighted by Gasteiger charge is 2.59. The number of thiophene rings is 1. The minimum absolute atomic E-state index is 0.153. The van der Waals surface area contributed by atoms with Crippen LogP contribution in [0.25, 0.3) is 0 Å². The standard InChI is InChI=1S/C9H14O6.C6H6OS/c1-5(11)8(14,4-10)9(15,6(2)12)7(3)13;1-5(7)6-3-2-4-8-6/h10,14-15H,4H2,1-3H3;2-4H,1H3. The molecule has 0 aliphatic heterocycles. The van der Waals surface area contributed by atoms with Crippen molar-refractivity contribution >= 4 is 34.5 Å². The Hall–Kier alpha value is -1.74. The number of carbonyl (C=O) groups is 4. The third kappa shape index (κ3) is 4.38. The Morgan fingerprint density at radius 1 is 1.00 bits per heavy atom. The van der Waals surface area contributed by atoms with Gasteiger partial charge in [0.1, 0.15) is 0 Å². The molecule has 1 atom stereocenters. The summed E-state index contributed by atoms with van der Waals surface area (Å²) in [5, 5.41) is 30.1. The summed E-state index contributed by atoms with van der Waals surface area (Å²) in [5.41, 5.74) is -5.68. The van der Waals surface area contributed by atoms with Gasteiger partial charge in [0.2, 0.25) is 5.60 Å². The second kappa shape index (κ2) is 8.21. The number of aliphatic hydroxyl groups excluding tert-OH is 1. The van der Waals surface area contributed by atoms with E-state index in [2.05, 4.69) is 0 Å². The number of aliphatic hydroxyl groups is 3. The summed E-state index contributed by atoms with van der Waals surface area (Å²) in [6, 6.07) is 3.70. The molecule has 7 nitrogen and oxygen atoms in total. The topological polar surface area (TPSA) is 129 Å². The third-order valence-corrected chi connectivity index (χ3v) is 4.27. The van der Waals surface area contributed by atoms with Crippen LogP contribution in [0.1, 0.15) is 37.4 Å². The lowest BCUT2D eigenvalue weighted by molar-refractivity contribution is -0.190. The summed E-state index contributed by atoms with van der Waals surface area (Å²) < 4.78 is 0. The summed E-state index contributed by atoms with van der Waals surface area (Å²) in [7, 11) is 0. The van der Waals surface area contributed by atoms with Crippen LogP contribution < -0.4 is 0 Å². The minimum Gasteiger partial charge on any atom is -0.393 e. The van der Waals surface area contributed by atoms with Crippen molar-refractivity contribution in [2.24, 2.45) is 0 Å². The van der Waals surface area contributed by atoms with E-state index in [4.69, 9.17) is 5.11 Å². The van der Waals surface area contributed by atoms with Crippen LogP contribution in [0.2, 0.25) is 0 Å². The van der Waals surface area contributed by atoms with E-state index in [9.17, 15) is 29.4 Å². The molecular formula is C15H20O7S. The van der Waals surface area contributed by atoms with E-state index in [1.165, 1.54) is 11.3 Å². The van der Waals surface area contributed by atoms with Gasteiger partial charge < -0.3 is 15.3 Å². The Labute approximate surface area is 137 Å². The van der Waals surface area contributed by atoms with E-state index < -0.39 is 35.2 Å². The molecule has 0 saturated heterocycles. The third-order valence-electron chi connectivity index (χ3n) is 3.30. The van der Waals surface area contributed by atoms with Gasteiger partial charge in [-0.25, -0.2) is 0 Å². The Bertz CT molecular complexity index is 577. The fourth-order valence-corrected chi connectivity index (χ4v) is 2.42. The number of Topliss-reactive ketones (excluding diaryl/α,β-unsaturated/α-hetero) is 4. The van der Waals surface area contributed by atoms with Crippen molar-refractivity contribution < 1.29 is 34.5 Å². The summed E-state index contributed by atoms with van der Waals surface area (Å²) in [5.74, 6) is -3.10. The molecule has 0 aromatic carbocycles. The van der Waals surface area contributed by atoms with E-state index in [0.717, 1.165) is 25.6 Å². The molecule has 0 spiro atoms. The number of rotatable bonds is 6. The van der Waals surface area contributed by atoms with Crippen molar-refractivity contribution in [1.82, 2.24) is 0 Å². The highest BCUT2D eigenvalue weighted by molar-refractivity contribution is 7.12. The van der Waals surface area contributed by atoms with Gasteiger partial charge in [-0.1, -0.05) is 6.07 Å². The molecule has 1 rings (SSSR count). The molecule has 128 valence electrons. The molecule has 0 bridgehead atoms. The molecule has 1 heterocycles. The molecule has 0 aliphatic carbocycles. The van der Waals surface area contributed by atoms with Crippen LogP contribution in [0.15, 0.2) is 17.5 Å². The predicted octanol–water partition coefficient (Wildman–Crippen LogP) is 0.159. The fraction of sp³-hybridized carbons (Fsp3) is 0.467. The van der Waals surface area contributed by atoms with E-state index in [-0.39, 0.29) is 5.78 Å². The molecule has 8 heteroatoms. The zero-order valence-electron chi connectivity index (χ0n) is 13.3. The van der Waals surface area contributed by atoms with E-state index in [1.54, 1.807) is 6.92 Å². The van der Waals surface area contributed by atoms with Crippen molar-refractivity contribution in [1.29, 1.82) is 0 Å². The van der Waals surface area contributed by atoms with Gasteiger partial charge in [-0.05, 0) is 39.1 Å². The van der Waals surface area contributed by atoms with Crippen LogP contribution in [0.3, 0.4) is 0 Å². The molecular weight excluding hydrogens is 324 g/mol. The van der Waals surface area contributed by atoms with Gasteiger partial charge in [-0.3, -0.25) is 19.2 Å². The summed E-state index contributed by atoms with van der Waals surface area (Å²) in [6.07, 6.45) is 0. The molecule has 1 aromatic heterocycles. The highest BCUT2D eigenvalue weighted by Crippen LogP contribution is 2.25. The number of ketones is 4. The van der Waals surface area contributed by atoms with Crippen molar-refractivity contribution in [3.8, 4) is 0 Å². The molecule has 0 aliphatic rings. The number of carbonyl (C=O) groups excluding carboxylic acids is 4. The molecule has 0 fully saturated rings. The van der Waals surface area contributed by atoms with Crippen LogP contribution in [0, 0.1) is 0 Å². The molecule has 3 N–H and O–H groups in total. The van der Waals surface area contributed by atoms with Crippen LogP contribution >= 0.6 is 11.3 Å². The van der Waals surface area contributed by atoms with Gasteiger partial charge in [0.05, 0.1) is 11.5 Å². The second-order valence-electron chi connectivity index (χ2n) is 4.93. The normalized spacial score (nSPS) is 13.3. The quantitative estimate of drug-likeness (QED) is 0.495.